The van der Waals surface area contributed by atoms with Gasteiger partial charge in [-0.2, -0.15) is 0 Å². The smallest absolute Gasteiger partial charge is 0.245 e. The minimum Gasteiger partial charge on any atom is -0.339 e. The summed E-state index contributed by atoms with van der Waals surface area (Å²) in [5, 5.41) is 2.95. The SMILES string of the molecule is C=CC(=O)N1CCC(C(=O)Nc2cccc(N3CCCC3=O)c2)CC1. The summed E-state index contributed by atoms with van der Waals surface area (Å²) >= 11 is 0. The summed E-state index contributed by atoms with van der Waals surface area (Å²) in [6.45, 7) is 5.37. The quantitative estimate of drug-likeness (QED) is 0.854. The maximum Gasteiger partial charge on any atom is 0.245 e. The van der Waals surface area contributed by atoms with Crippen LogP contribution in [0.4, 0.5) is 11.4 Å². The first-order chi connectivity index (χ1) is 12.1. The van der Waals surface area contributed by atoms with Crippen molar-refractivity contribution in [2.24, 2.45) is 5.92 Å². The van der Waals surface area contributed by atoms with E-state index in [2.05, 4.69) is 11.9 Å². The maximum atomic E-state index is 12.5. The molecule has 0 spiro atoms. The van der Waals surface area contributed by atoms with Crippen molar-refractivity contribution < 1.29 is 14.4 Å². The Morgan fingerprint density at radius 2 is 1.96 bits per heavy atom. The Balaban J connectivity index is 1.59. The number of nitrogens with one attached hydrogen (secondary N) is 1. The van der Waals surface area contributed by atoms with E-state index >= 15 is 0 Å². The van der Waals surface area contributed by atoms with Crippen LogP contribution in [0.3, 0.4) is 0 Å². The molecule has 2 fully saturated rings. The van der Waals surface area contributed by atoms with E-state index in [1.54, 1.807) is 9.80 Å². The normalized spacial score (nSPS) is 18.3. The molecule has 132 valence electrons. The lowest BCUT2D eigenvalue weighted by molar-refractivity contribution is -0.130. The van der Waals surface area contributed by atoms with Gasteiger partial charge in [-0.05, 0) is 43.5 Å². The van der Waals surface area contributed by atoms with Gasteiger partial charge in [-0.15, -0.1) is 0 Å². The number of hydrogen-bond acceptors (Lipinski definition) is 3. The highest BCUT2D eigenvalue weighted by Gasteiger charge is 2.27. The van der Waals surface area contributed by atoms with Crippen LogP contribution in [0.1, 0.15) is 25.7 Å². The van der Waals surface area contributed by atoms with E-state index in [0.717, 1.165) is 18.7 Å². The van der Waals surface area contributed by atoms with Crippen LogP contribution < -0.4 is 10.2 Å². The Morgan fingerprint density at radius 1 is 1.20 bits per heavy atom. The highest BCUT2D eigenvalue weighted by molar-refractivity contribution is 5.97. The van der Waals surface area contributed by atoms with Crippen LogP contribution >= 0.6 is 0 Å². The molecule has 3 amide bonds. The van der Waals surface area contributed by atoms with Crippen LogP contribution in [0.25, 0.3) is 0 Å². The van der Waals surface area contributed by atoms with Crippen LogP contribution in [-0.2, 0) is 14.4 Å². The molecule has 1 aromatic rings. The first-order valence-corrected chi connectivity index (χ1v) is 8.71. The molecule has 3 rings (SSSR count). The van der Waals surface area contributed by atoms with Crippen LogP contribution in [0, 0.1) is 5.92 Å². The molecule has 0 saturated carbocycles. The Kier molecular flexibility index (Phi) is 5.16. The van der Waals surface area contributed by atoms with Gasteiger partial charge in [0.15, 0.2) is 0 Å². The second kappa shape index (κ2) is 7.51. The molecule has 0 aromatic heterocycles. The van der Waals surface area contributed by atoms with Gasteiger partial charge in [0.1, 0.15) is 0 Å². The van der Waals surface area contributed by atoms with E-state index in [1.165, 1.54) is 6.08 Å². The van der Waals surface area contributed by atoms with E-state index < -0.39 is 0 Å². The molecular weight excluding hydrogens is 318 g/mol. The Morgan fingerprint density at radius 3 is 2.60 bits per heavy atom. The van der Waals surface area contributed by atoms with Gasteiger partial charge in [0.2, 0.25) is 17.7 Å². The number of rotatable bonds is 4. The van der Waals surface area contributed by atoms with Gasteiger partial charge in [0, 0.05) is 43.3 Å². The van der Waals surface area contributed by atoms with E-state index in [-0.39, 0.29) is 23.6 Å². The molecule has 0 atom stereocenters. The second-order valence-corrected chi connectivity index (χ2v) is 6.49. The summed E-state index contributed by atoms with van der Waals surface area (Å²) in [6, 6.07) is 7.41. The number of amides is 3. The zero-order chi connectivity index (χ0) is 17.8. The van der Waals surface area contributed by atoms with E-state index in [1.807, 2.05) is 24.3 Å². The molecule has 1 N–H and O–H groups in total. The van der Waals surface area contributed by atoms with Gasteiger partial charge in [0.05, 0.1) is 0 Å². The lowest BCUT2D eigenvalue weighted by Crippen LogP contribution is -2.40. The highest BCUT2D eigenvalue weighted by Crippen LogP contribution is 2.25. The lowest BCUT2D eigenvalue weighted by atomic mass is 9.95. The first kappa shape index (κ1) is 17.2. The monoisotopic (exact) mass is 341 g/mol. The maximum absolute atomic E-state index is 12.5. The molecule has 6 nitrogen and oxygen atoms in total. The fourth-order valence-electron chi connectivity index (χ4n) is 3.41. The van der Waals surface area contributed by atoms with Gasteiger partial charge in [-0.1, -0.05) is 12.6 Å². The average Bonchev–Trinajstić information content (AvgIpc) is 3.07. The number of hydrogen-bond donors (Lipinski definition) is 1. The molecule has 1 aromatic carbocycles. The summed E-state index contributed by atoms with van der Waals surface area (Å²) in [6.07, 6.45) is 4.06. The Hall–Kier alpha value is -2.63. The third-order valence-corrected chi connectivity index (χ3v) is 4.85. The summed E-state index contributed by atoms with van der Waals surface area (Å²) in [5.74, 6) is -0.0916. The lowest BCUT2D eigenvalue weighted by Gasteiger charge is -2.30. The standard InChI is InChI=1S/C19H23N3O3/c1-2-17(23)21-11-8-14(9-12-21)19(25)20-15-5-3-6-16(13-15)22-10-4-7-18(22)24/h2-3,5-6,13-14H,1,4,7-12H2,(H,20,25). The van der Waals surface area contributed by atoms with E-state index in [0.29, 0.717) is 38.0 Å². The zero-order valence-electron chi connectivity index (χ0n) is 14.2. The first-order valence-electron chi connectivity index (χ1n) is 8.71. The van der Waals surface area contributed by atoms with Gasteiger partial charge < -0.3 is 15.1 Å². The van der Waals surface area contributed by atoms with Crippen molar-refractivity contribution in [3.63, 3.8) is 0 Å². The molecule has 0 unspecified atom stereocenters. The van der Waals surface area contributed by atoms with Crippen molar-refractivity contribution >= 4 is 29.1 Å². The third kappa shape index (κ3) is 3.90. The molecule has 0 radical (unpaired) electrons. The topological polar surface area (TPSA) is 69.7 Å². The number of carbonyl (C=O) groups is 3. The largest absolute Gasteiger partial charge is 0.339 e. The fraction of sp³-hybridized carbons (Fsp3) is 0.421. The molecule has 6 heteroatoms. The van der Waals surface area contributed by atoms with Crippen molar-refractivity contribution in [2.75, 3.05) is 29.9 Å². The van der Waals surface area contributed by atoms with Crippen molar-refractivity contribution in [3.8, 4) is 0 Å². The van der Waals surface area contributed by atoms with Crippen molar-refractivity contribution in [1.29, 1.82) is 0 Å². The second-order valence-electron chi connectivity index (χ2n) is 6.49. The number of nitrogens with zero attached hydrogens (tertiary/aromatic N) is 2. The van der Waals surface area contributed by atoms with Crippen molar-refractivity contribution in [3.05, 3.63) is 36.9 Å². The summed E-state index contributed by atoms with van der Waals surface area (Å²) in [5.41, 5.74) is 1.53. The average molecular weight is 341 g/mol. The van der Waals surface area contributed by atoms with Crippen LogP contribution in [0.5, 0.6) is 0 Å². The predicted molar refractivity (Wildman–Crippen MR) is 96.2 cm³/mol. The highest BCUT2D eigenvalue weighted by atomic mass is 16.2. The number of likely N-dealkylation sites (tertiary alicyclic amines) is 1. The summed E-state index contributed by atoms with van der Waals surface area (Å²) in [7, 11) is 0. The number of anilines is 2. The number of carbonyl (C=O) groups excluding carboxylic acids is 3. The van der Waals surface area contributed by atoms with E-state index in [4.69, 9.17) is 0 Å². The summed E-state index contributed by atoms with van der Waals surface area (Å²) < 4.78 is 0. The third-order valence-electron chi connectivity index (χ3n) is 4.85. The zero-order valence-corrected chi connectivity index (χ0v) is 14.2. The summed E-state index contributed by atoms with van der Waals surface area (Å²) in [4.78, 5) is 39.4. The molecule has 2 aliphatic rings. The van der Waals surface area contributed by atoms with Gasteiger partial charge in [-0.3, -0.25) is 14.4 Å². The number of benzene rings is 1. The van der Waals surface area contributed by atoms with E-state index in [9.17, 15) is 14.4 Å². The molecule has 2 saturated heterocycles. The van der Waals surface area contributed by atoms with Gasteiger partial charge >= 0.3 is 0 Å². The fourth-order valence-corrected chi connectivity index (χ4v) is 3.41. The number of piperidine rings is 1. The molecule has 0 bridgehead atoms. The van der Waals surface area contributed by atoms with Crippen LogP contribution in [-0.4, -0.2) is 42.3 Å². The predicted octanol–water partition coefficient (Wildman–Crippen LogP) is 2.18. The Bertz CT molecular complexity index is 693. The van der Waals surface area contributed by atoms with Gasteiger partial charge in [-0.25, -0.2) is 0 Å². The molecular formula is C19H23N3O3. The van der Waals surface area contributed by atoms with Crippen molar-refractivity contribution in [1.82, 2.24) is 4.90 Å². The minimum atomic E-state index is -0.106. The van der Waals surface area contributed by atoms with Gasteiger partial charge in [0.25, 0.3) is 0 Å². The molecule has 2 aliphatic heterocycles. The van der Waals surface area contributed by atoms with Crippen LogP contribution in [0.15, 0.2) is 36.9 Å². The molecule has 25 heavy (non-hydrogen) atoms. The van der Waals surface area contributed by atoms with Crippen LogP contribution in [0.2, 0.25) is 0 Å². The molecule has 2 heterocycles. The van der Waals surface area contributed by atoms with Crippen molar-refractivity contribution in [2.45, 2.75) is 25.7 Å². The Labute approximate surface area is 147 Å². The molecule has 0 aliphatic carbocycles. The minimum absolute atomic E-state index is 0.0319.